The zero-order chi connectivity index (χ0) is 24.7. The van der Waals surface area contributed by atoms with Crippen molar-refractivity contribution in [3.8, 4) is 22.8 Å². The minimum atomic E-state index is -4.94. The molecule has 0 aliphatic carbocycles. The first kappa shape index (κ1) is 25.2. The molecule has 0 unspecified atom stereocenters. The third-order valence-corrected chi connectivity index (χ3v) is 4.74. The smallest absolute Gasteiger partial charge is 0.218 e. The number of methoxy groups -OCH3 is 1. The highest BCUT2D eigenvalue weighted by atomic mass is 35.7. The van der Waals surface area contributed by atoms with Crippen molar-refractivity contribution in [2.75, 3.05) is 13.7 Å². The first-order valence-corrected chi connectivity index (χ1v) is 11.5. The maximum atomic E-state index is 8.49. The monoisotopic (exact) mass is 485 g/mol. The van der Waals surface area contributed by atoms with E-state index in [0.717, 1.165) is 44.8 Å². The fraction of sp³-hybridized carbons (Fsp3) is 0.160. The summed E-state index contributed by atoms with van der Waals surface area (Å²) in [7, 11) is -3.28. The molecule has 0 saturated heterocycles. The Morgan fingerprint density at radius 2 is 1.47 bits per heavy atom. The molecule has 0 spiro atoms. The third-order valence-electron chi connectivity index (χ3n) is 4.74. The van der Waals surface area contributed by atoms with Gasteiger partial charge < -0.3 is 13.9 Å². The van der Waals surface area contributed by atoms with Crippen LogP contribution in [0.1, 0.15) is 12.5 Å². The van der Waals surface area contributed by atoms with E-state index in [9.17, 15) is 0 Å². The number of benzene rings is 3. The first-order valence-electron chi connectivity index (χ1n) is 10.3. The van der Waals surface area contributed by atoms with Crippen molar-refractivity contribution in [1.82, 2.24) is 0 Å². The number of halogens is 1. The number of hydrogen-bond acceptors (Lipinski definition) is 7. The summed E-state index contributed by atoms with van der Waals surface area (Å²) in [6.45, 7) is 4.72. The normalized spacial score (nSPS) is 11.7. The lowest BCUT2D eigenvalue weighted by Gasteiger charge is -2.17. The summed E-state index contributed by atoms with van der Waals surface area (Å²) >= 11 is 0. The topological polar surface area (TPSA) is 138 Å². The average Bonchev–Trinajstić information content (AvgIpc) is 2.80. The summed E-state index contributed by atoms with van der Waals surface area (Å²) in [5, 5.41) is 2.03. The van der Waals surface area contributed by atoms with Gasteiger partial charge in [0, 0.05) is 17.7 Å². The van der Waals surface area contributed by atoms with E-state index in [2.05, 4.69) is 24.0 Å². The van der Waals surface area contributed by atoms with Crippen LogP contribution in [0.3, 0.4) is 0 Å². The number of hydrogen-bond donors (Lipinski definition) is 1. The minimum Gasteiger partial charge on any atom is -0.497 e. The van der Waals surface area contributed by atoms with E-state index in [1.807, 2.05) is 67.6 Å². The minimum absolute atomic E-state index is 0.655. The van der Waals surface area contributed by atoms with E-state index in [1.165, 1.54) is 5.56 Å². The summed E-state index contributed by atoms with van der Waals surface area (Å²) < 4.78 is 51.0. The van der Waals surface area contributed by atoms with Gasteiger partial charge in [0.25, 0.3) is 0 Å². The van der Waals surface area contributed by atoms with E-state index in [4.69, 9.17) is 32.5 Å². The number of fused-ring (bicyclic) bond motifs is 1. The number of rotatable bonds is 5. The van der Waals surface area contributed by atoms with Crippen molar-refractivity contribution in [3.05, 3.63) is 83.7 Å². The Balaban J connectivity index is 0.000000588. The molecule has 4 aromatic rings. The van der Waals surface area contributed by atoms with E-state index >= 15 is 0 Å². The zero-order valence-electron chi connectivity index (χ0n) is 18.9. The first-order chi connectivity index (χ1) is 16.2. The van der Waals surface area contributed by atoms with Crippen molar-refractivity contribution < 1.29 is 47.8 Å². The van der Waals surface area contributed by atoms with Crippen LogP contribution in [0.5, 0.6) is 11.5 Å². The Bertz CT molecular complexity index is 1290. The van der Waals surface area contributed by atoms with Crippen molar-refractivity contribution >= 4 is 16.7 Å². The van der Waals surface area contributed by atoms with Crippen LogP contribution in [0.2, 0.25) is 0 Å². The number of ether oxygens (including phenoxy) is 2. The molecule has 0 fully saturated rings. The Morgan fingerprint density at radius 1 is 0.853 bits per heavy atom. The van der Waals surface area contributed by atoms with Crippen LogP contribution in [0.25, 0.3) is 22.3 Å². The molecule has 4 rings (SSSR count). The highest BCUT2D eigenvalue weighted by molar-refractivity contribution is 5.78. The van der Waals surface area contributed by atoms with Crippen LogP contribution in [0, 0.1) is 17.2 Å². The van der Waals surface area contributed by atoms with E-state index in [0.29, 0.717) is 6.61 Å². The quantitative estimate of drug-likeness (QED) is 0.397. The second kappa shape index (κ2) is 11.1. The number of aryl methyl sites for hydroxylation is 1. The van der Waals surface area contributed by atoms with Gasteiger partial charge in [-0.05, 0) is 62.4 Å². The highest BCUT2D eigenvalue weighted by Gasteiger charge is 2.10. The fourth-order valence-electron chi connectivity index (χ4n) is 3.26. The number of nitrogens with one attached hydrogen (secondary N) is 1. The molecule has 0 radical (unpaired) electrons. The summed E-state index contributed by atoms with van der Waals surface area (Å²) in [4.78, 5) is 3.54. The van der Waals surface area contributed by atoms with Crippen molar-refractivity contribution in [3.63, 3.8) is 0 Å². The highest BCUT2D eigenvalue weighted by Crippen LogP contribution is 2.24. The third kappa shape index (κ3) is 7.31. The molecule has 0 atom stereocenters. The van der Waals surface area contributed by atoms with Crippen LogP contribution in [-0.2, 0) is 0 Å². The molecular formula is C25H24ClNO7. The van der Waals surface area contributed by atoms with Crippen molar-refractivity contribution in [1.29, 1.82) is 0 Å². The van der Waals surface area contributed by atoms with Gasteiger partial charge in [-0.2, -0.15) is 0 Å². The molecule has 0 aliphatic rings. The van der Waals surface area contributed by atoms with Crippen LogP contribution in [0.15, 0.2) is 77.2 Å². The Kier molecular flexibility index (Phi) is 8.27. The van der Waals surface area contributed by atoms with E-state index in [1.54, 1.807) is 7.11 Å². The summed E-state index contributed by atoms with van der Waals surface area (Å²) in [6, 6.07) is 24.1. The Hall–Kier alpha value is -3.40. The molecule has 34 heavy (non-hydrogen) atoms. The zero-order valence-corrected chi connectivity index (χ0v) is 19.6. The molecule has 1 aromatic heterocycles. The lowest BCUT2D eigenvalue weighted by atomic mass is 10.1. The van der Waals surface area contributed by atoms with Crippen LogP contribution in [0.4, 0.5) is 5.69 Å². The van der Waals surface area contributed by atoms with Crippen LogP contribution >= 0.6 is 0 Å². The molecular weight excluding hydrogens is 462 g/mol. The standard InChI is InChI=1S/C25H23NO3.ClHO4/c1-4-28-21-12-8-19(9-13-21)26-23-16-25(18-6-10-20(27-3)11-7-18)29-24-14-5-17(2)15-22(23)24;2-1(3,4)5/h5-16H,4H2,1-3H3;(H,2,3,4,5). The van der Waals surface area contributed by atoms with Crippen LogP contribution in [-0.4, -0.2) is 13.7 Å². The largest absolute Gasteiger partial charge is 0.497 e. The lowest BCUT2D eigenvalue weighted by Crippen LogP contribution is -2.70. The van der Waals surface area contributed by atoms with Gasteiger partial charge in [-0.15, -0.1) is 10.2 Å². The van der Waals surface area contributed by atoms with Gasteiger partial charge in [0.2, 0.25) is 11.0 Å². The molecule has 1 N–H and O–H groups in total. The van der Waals surface area contributed by atoms with Crippen molar-refractivity contribution in [2.24, 2.45) is 0 Å². The molecule has 1 heterocycles. The fourth-order valence-corrected chi connectivity index (χ4v) is 3.26. The molecule has 0 saturated carbocycles. The van der Waals surface area contributed by atoms with Gasteiger partial charge in [0.15, 0.2) is 0 Å². The SMILES string of the molecule is CCOc1ccc([NH+]=c2cc(-c3ccc(OC)cc3)oc3ccc(C)cc23)cc1.[O-][Cl+3]([O-])([O-])[O-]. The molecule has 3 aromatic carbocycles. The summed E-state index contributed by atoms with van der Waals surface area (Å²) in [6.07, 6.45) is 0. The van der Waals surface area contributed by atoms with Gasteiger partial charge in [0.05, 0.1) is 25.2 Å². The second-order valence-corrected chi connectivity index (χ2v) is 7.97. The Morgan fingerprint density at radius 3 is 2.06 bits per heavy atom. The van der Waals surface area contributed by atoms with Crippen LogP contribution < -0.4 is 38.5 Å². The predicted molar refractivity (Wildman–Crippen MR) is 114 cm³/mol. The van der Waals surface area contributed by atoms with E-state index < -0.39 is 10.2 Å². The molecule has 0 aliphatic heterocycles. The van der Waals surface area contributed by atoms with E-state index in [-0.39, 0.29) is 0 Å². The van der Waals surface area contributed by atoms with Gasteiger partial charge >= 0.3 is 0 Å². The lowest BCUT2D eigenvalue weighted by molar-refractivity contribution is -2.00. The van der Waals surface area contributed by atoms with Crippen molar-refractivity contribution in [2.45, 2.75) is 13.8 Å². The molecule has 8 nitrogen and oxygen atoms in total. The summed E-state index contributed by atoms with van der Waals surface area (Å²) in [5.41, 5.74) is 3.99. The maximum Gasteiger partial charge on any atom is 0.218 e. The van der Waals surface area contributed by atoms with Gasteiger partial charge in [-0.1, -0.05) is 11.6 Å². The Labute approximate surface area is 198 Å². The molecule has 9 heteroatoms. The molecule has 0 bridgehead atoms. The van der Waals surface area contributed by atoms with Gasteiger partial charge in [-0.25, -0.2) is 23.6 Å². The maximum absolute atomic E-state index is 8.49. The predicted octanol–water partition coefficient (Wildman–Crippen LogP) is -0.627. The average molecular weight is 486 g/mol. The molecule has 178 valence electrons. The van der Waals surface area contributed by atoms with Gasteiger partial charge in [-0.3, -0.25) is 0 Å². The molecule has 0 amide bonds. The van der Waals surface area contributed by atoms with Gasteiger partial charge in [0.1, 0.15) is 22.8 Å². The summed E-state index contributed by atoms with van der Waals surface area (Å²) in [5.74, 6) is 2.47. The second-order valence-electron chi connectivity index (χ2n) is 7.21.